The van der Waals surface area contributed by atoms with Crippen LogP contribution in [0.4, 0.5) is 4.39 Å². The fourth-order valence-corrected chi connectivity index (χ4v) is 1.66. The normalized spacial score (nSPS) is 10.1. The highest BCUT2D eigenvalue weighted by molar-refractivity contribution is 6.42. The Balaban J connectivity index is 2.30. The summed E-state index contributed by atoms with van der Waals surface area (Å²) in [5.41, 5.74) is 2.10. The molecule has 0 heterocycles. The van der Waals surface area contributed by atoms with E-state index in [2.05, 4.69) is 0 Å². The highest BCUT2D eigenvalue weighted by Gasteiger charge is 2.10. The van der Waals surface area contributed by atoms with E-state index < -0.39 is 11.6 Å². The van der Waals surface area contributed by atoms with E-state index in [1.165, 1.54) is 19.1 Å². The standard InChI is InChI=1S/C15H11FO2/c1-10(17)15(18)13-4-2-11(3-5-13)12-6-8-14(16)9-7-12/h2-9H,1H3. The zero-order valence-electron chi connectivity index (χ0n) is 9.81. The molecule has 2 nitrogen and oxygen atoms in total. The first-order valence-corrected chi connectivity index (χ1v) is 5.49. The molecule has 18 heavy (non-hydrogen) atoms. The lowest BCUT2D eigenvalue weighted by Gasteiger charge is -2.03. The molecule has 0 aliphatic carbocycles. The van der Waals surface area contributed by atoms with Gasteiger partial charge in [-0.05, 0) is 23.3 Å². The Labute approximate surface area is 104 Å². The number of halogens is 1. The second kappa shape index (κ2) is 4.92. The maximum Gasteiger partial charge on any atom is 0.228 e. The van der Waals surface area contributed by atoms with Gasteiger partial charge < -0.3 is 0 Å². The first-order valence-electron chi connectivity index (χ1n) is 5.49. The van der Waals surface area contributed by atoms with Crippen LogP contribution in [0.15, 0.2) is 48.5 Å². The Morgan fingerprint density at radius 1 is 0.833 bits per heavy atom. The Morgan fingerprint density at radius 3 is 1.72 bits per heavy atom. The fourth-order valence-electron chi connectivity index (χ4n) is 1.66. The van der Waals surface area contributed by atoms with Crippen molar-refractivity contribution >= 4 is 11.6 Å². The van der Waals surface area contributed by atoms with Gasteiger partial charge in [-0.2, -0.15) is 0 Å². The molecule has 0 fully saturated rings. The van der Waals surface area contributed by atoms with Gasteiger partial charge in [-0.1, -0.05) is 36.4 Å². The second-order valence-corrected chi connectivity index (χ2v) is 3.97. The monoisotopic (exact) mass is 242 g/mol. The highest BCUT2D eigenvalue weighted by Crippen LogP contribution is 2.20. The molecule has 0 atom stereocenters. The zero-order valence-corrected chi connectivity index (χ0v) is 9.81. The number of ketones is 2. The van der Waals surface area contributed by atoms with Gasteiger partial charge in [0, 0.05) is 12.5 Å². The van der Waals surface area contributed by atoms with Gasteiger partial charge in [0.05, 0.1) is 0 Å². The van der Waals surface area contributed by atoms with Crippen molar-refractivity contribution < 1.29 is 14.0 Å². The molecule has 90 valence electrons. The predicted octanol–water partition coefficient (Wildman–Crippen LogP) is 3.26. The zero-order chi connectivity index (χ0) is 13.1. The van der Waals surface area contributed by atoms with E-state index in [1.54, 1.807) is 36.4 Å². The van der Waals surface area contributed by atoms with Gasteiger partial charge in [-0.3, -0.25) is 9.59 Å². The molecule has 0 radical (unpaired) electrons. The maximum atomic E-state index is 12.8. The van der Waals surface area contributed by atoms with Gasteiger partial charge in [0.2, 0.25) is 5.78 Å². The molecule has 2 aromatic carbocycles. The third kappa shape index (κ3) is 2.51. The number of hydrogen-bond donors (Lipinski definition) is 0. The van der Waals surface area contributed by atoms with Crippen LogP contribution in [-0.4, -0.2) is 11.6 Å². The van der Waals surface area contributed by atoms with Crippen LogP contribution < -0.4 is 0 Å². The van der Waals surface area contributed by atoms with Crippen molar-refractivity contribution in [3.05, 3.63) is 59.9 Å². The molecular formula is C15H11FO2. The van der Waals surface area contributed by atoms with Crippen LogP contribution in [0.3, 0.4) is 0 Å². The number of benzene rings is 2. The summed E-state index contributed by atoms with van der Waals surface area (Å²) >= 11 is 0. The molecule has 3 heteroatoms. The Kier molecular flexibility index (Phi) is 3.33. The van der Waals surface area contributed by atoms with Gasteiger partial charge in [0.15, 0.2) is 5.78 Å². The van der Waals surface area contributed by atoms with Crippen LogP contribution in [0.5, 0.6) is 0 Å². The van der Waals surface area contributed by atoms with Crippen molar-refractivity contribution in [2.75, 3.05) is 0 Å². The smallest absolute Gasteiger partial charge is 0.228 e. The van der Waals surface area contributed by atoms with E-state index in [0.29, 0.717) is 5.56 Å². The van der Waals surface area contributed by atoms with Gasteiger partial charge in [-0.25, -0.2) is 4.39 Å². The molecule has 0 spiro atoms. The van der Waals surface area contributed by atoms with Gasteiger partial charge in [0.25, 0.3) is 0 Å². The third-order valence-corrected chi connectivity index (χ3v) is 2.64. The molecule has 2 rings (SSSR count). The molecule has 0 unspecified atom stereocenters. The van der Waals surface area contributed by atoms with Crippen molar-refractivity contribution in [2.24, 2.45) is 0 Å². The Morgan fingerprint density at radius 2 is 1.28 bits per heavy atom. The van der Waals surface area contributed by atoms with Crippen LogP contribution in [-0.2, 0) is 4.79 Å². The molecule has 0 N–H and O–H groups in total. The van der Waals surface area contributed by atoms with E-state index in [0.717, 1.165) is 11.1 Å². The van der Waals surface area contributed by atoms with Crippen LogP contribution >= 0.6 is 0 Å². The van der Waals surface area contributed by atoms with E-state index in [1.807, 2.05) is 0 Å². The van der Waals surface area contributed by atoms with Gasteiger partial charge >= 0.3 is 0 Å². The topological polar surface area (TPSA) is 34.1 Å². The minimum Gasteiger partial charge on any atom is -0.291 e. The Bertz CT molecular complexity index is 583. The summed E-state index contributed by atoms with van der Waals surface area (Å²) in [4.78, 5) is 22.4. The fraction of sp³-hybridized carbons (Fsp3) is 0.0667. The van der Waals surface area contributed by atoms with Gasteiger partial charge in [0.1, 0.15) is 5.82 Å². The van der Waals surface area contributed by atoms with Crippen LogP contribution in [0.1, 0.15) is 17.3 Å². The van der Waals surface area contributed by atoms with Crippen molar-refractivity contribution in [3.8, 4) is 11.1 Å². The summed E-state index contributed by atoms with van der Waals surface area (Å²) in [5.74, 6) is -1.27. The van der Waals surface area contributed by atoms with Crippen molar-refractivity contribution in [3.63, 3.8) is 0 Å². The van der Waals surface area contributed by atoms with Crippen LogP contribution in [0, 0.1) is 5.82 Å². The number of rotatable bonds is 3. The molecule has 0 saturated heterocycles. The molecule has 2 aromatic rings. The number of carbonyl (C=O) groups excluding carboxylic acids is 2. The molecule has 0 aliphatic rings. The first kappa shape index (κ1) is 12.2. The molecular weight excluding hydrogens is 231 g/mol. The van der Waals surface area contributed by atoms with E-state index in [-0.39, 0.29) is 5.82 Å². The number of carbonyl (C=O) groups is 2. The summed E-state index contributed by atoms with van der Waals surface area (Å²) in [5, 5.41) is 0. The van der Waals surface area contributed by atoms with Crippen LogP contribution in [0.2, 0.25) is 0 Å². The average Bonchev–Trinajstić information content (AvgIpc) is 2.39. The largest absolute Gasteiger partial charge is 0.291 e. The molecule has 0 amide bonds. The van der Waals surface area contributed by atoms with E-state index in [4.69, 9.17) is 0 Å². The SMILES string of the molecule is CC(=O)C(=O)c1ccc(-c2ccc(F)cc2)cc1. The predicted molar refractivity (Wildman–Crippen MR) is 66.8 cm³/mol. The van der Waals surface area contributed by atoms with Crippen molar-refractivity contribution in [1.29, 1.82) is 0 Å². The van der Waals surface area contributed by atoms with Crippen molar-refractivity contribution in [2.45, 2.75) is 6.92 Å². The van der Waals surface area contributed by atoms with Crippen molar-refractivity contribution in [1.82, 2.24) is 0 Å². The minimum absolute atomic E-state index is 0.290. The quantitative estimate of drug-likeness (QED) is 0.611. The summed E-state index contributed by atoms with van der Waals surface area (Å²) in [7, 11) is 0. The van der Waals surface area contributed by atoms with Crippen LogP contribution in [0.25, 0.3) is 11.1 Å². The van der Waals surface area contributed by atoms with Gasteiger partial charge in [-0.15, -0.1) is 0 Å². The lowest BCUT2D eigenvalue weighted by molar-refractivity contribution is -0.113. The molecule has 0 saturated carbocycles. The maximum absolute atomic E-state index is 12.8. The third-order valence-electron chi connectivity index (χ3n) is 2.64. The molecule has 0 aliphatic heterocycles. The number of hydrogen-bond acceptors (Lipinski definition) is 2. The summed E-state index contributed by atoms with van der Waals surface area (Å²) in [6.45, 7) is 1.25. The van der Waals surface area contributed by atoms with E-state index in [9.17, 15) is 14.0 Å². The molecule has 0 bridgehead atoms. The first-order chi connectivity index (χ1) is 8.58. The highest BCUT2D eigenvalue weighted by atomic mass is 19.1. The molecule has 0 aromatic heterocycles. The number of Topliss-reactive ketones (excluding diaryl/α,β-unsaturated/α-hetero) is 2. The summed E-state index contributed by atoms with van der Waals surface area (Å²) in [6.07, 6.45) is 0. The average molecular weight is 242 g/mol. The lowest BCUT2D eigenvalue weighted by atomic mass is 10.0. The lowest BCUT2D eigenvalue weighted by Crippen LogP contribution is -2.09. The Hall–Kier alpha value is -2.29. The second-order valence-electron chi connectivity index (χ2n) is 3.97. The summed E-state index contributed by atoms with van der Waals surface area (Å²) < 4.78 is 12.8. The minimum atomic E-state index is -0.499. The van der Waals surface area contributed by atoms with E-state index >= 15 is 0 Å². The summed E-state index contributed by atoms with van der Waals surface area (Å²) in [6, 6.07) is 12.8.